The summed E-state index contributed by atoms with van der Waals surface area (Å²) in [4.78, 5) is 10.6. The Morgan fingerprint density at radius 3 is 1.85 bits per heavy atom. The molecule has 4 nitrogen and oxygen atoms in total. The second kappa shape index (κ2) is 12.2. The summed E-state index contributed by atoms with van der Waals surface area (Å²) in [6, 6.07) is 66.3. The van der Waals surface area contributed by atoms with Gasteiger partial charge in [0, 0.05) is 32.7 Å². The Morgan fingerprint density at radius 2 is 1.05 bits per heavy atom. The van der Waals surface area contributed by atoms with Gasteiger partial charge in [0.1, 0.15) is 0 Å². The Bertz CT molecular complexity index is 3390. The van der Waals surface area contributed by atoms with Gasteiger partial charge in [-0.3, -0.25) is 0 Å². The van der Waals surface area contributed by atoms with E-state index in [2.05, 4.69) is 168 Å². The van der Waals surface area contributed by atoms with E-state index in [9.17, 15) is 5.26 Å². The molecule has 0 aliphatic heterocycles. The average Bonchev–Trinajstić information content (AvgIpc) is 3.57. The Labute approximate surface area is 316 Å². The number of nitrogens with zero attached hydrogens (tertiary/aromatic N) is 4. The molecule has 0 unspecified atom stereocenters. The van der Waals surface area contributed by atoms with Crippen LogP contribution in [0, 0.1) is 11.3 Å². The number of benzene rings is 9. The van der Waals surface area contributed by atoms with Crippen molar-refractivity contribution in [3.05, 3.63) is 188 Å². The Kier molecular flexibility index (Phi) is 6.89. The molecular formula is C51H30N4. The van der Waals surface area contributed by atoms with Gasteiger partial charge in [0.15, 0.2) is 5.82 Å². The zero-order chi connectivity index (χ0) is 36.5. The van der Waals surface area contributed by atoms with Crippen LogP contribution in [0.25, 0.3) is 104 Å². The number of para-hydroxylation sites is 1. The number of hydrogen-bond acceptors (Lipinski definition) is 3. The van der Waals surface area contributed by atoms with E-state index in [1.54, 1.807) is 0 Å². The van der Waals surface area contributed by atoms with Crippen LogP contribution in [0.5, 0.6) is 0 Å². The number of aromatic nitrogens is 3. The van der Waals surface area contributed by atoms with Crippen molar-refractivity contribution in [1.82, 2.24) is 14.5 Å². The van der Waals surface area contributed by atoms with E-state index in [1.807, 2.05) is 24.3 Å². The topological polar surface area (TPSA) is 54.5 Å². The third kappa shape index (κ3) is 4.99. The maximum absolute atomic E-state index is 9.55. The van der Waals surface area contributed by atoms with Crippen molar-refractivity contribution in [1.29, 1.82) is 5.26 Å². The highest BCUT2D eigenvalue weighted by molar-refractivity contribution is 6.15. The third-order valence-electron chi connectivity index (χ3n) is 11.0. The Balaban J connectivity index is 1.15. The monoisotopic (exact) mass is 698 g/mol. The summed E-state index contributed by atoms with van der Waals surface area (Å²) in [5.41, 5.74) is 9.86. The molecule has 0 radical (unpaired) electrons. The van der Waals surface area contributed by atoms with Crippen molar-refractivity contribution in [2.75, 3.05) is 0 Å². The second-order valence-corrected chi connectivity index (χ2v) is 14.1. The SMILES string of the molecule is N#Cc1ccc(-c2nc(-c3ccc(-n4c5ccccc5c5cc6ccccc6cc54)c4ccccc34)nc3cc(-c4ccc5ccccc5c4)ccc23)cc1. The van der Waals surface area contributed by atoms with E-state index in [0.29, 0.717) is 11.4 Å². The van der Waals surface area contributed by atoms with E-state index in [-0.39, 0.29) is 0 Å². The van der Waals surface area contributed by atoms with Gasteiger partial charge in [-0.25, -0.2) is 9.97 Å². The molecule has 0 N–H and O–H groups in total. The maximum atomic E-state index is 9.55. The molecule has 0 saturated heterocycles. The maximum Gasteiger partial charge on any atom is 0.161 e. The van der Waals surface area contributed by atoms with Crippen molar-refractivity contribution in [2.45, 2.75) is 0 Å². The molecule has 0 saturated carbocycles. The molecule has 0 amide bonds. The van der Waals surface area contributed by atoms with Crippen LogP contribution in [-0.2, 0) is 0 Å². The highest BCUT2D eigenvalue weighted by atomic mass is 15.0. The Hall–Kier alpha value is -7.61. The first-order chi connectivity index (χ1) is 27.2. The molecule has 0 fully saturated rings. The summed E-state index contributed by atoms with van der Waals surface area (Å²) < 4.78 is 2.41. The smallest absolute Gasteiger partial charge is 0.161 e. The van der Waals surface area contributed by atoms with Crippen LogP contribution >= 0.6 is 0 Å². The normalized spacial score (nSPS) is 11.6. The van der Waals surface area contributed by atoms with E-state index in [1.165, 1.54) is 37.8 Å². The quantitative estimate of drug-likeness (QED) is 0.184. The molecule has 0 spiro atoms. The third-order valence-corrected chi connectivity index (χ3v) is 11.0. The molecular weight excluding hydrogens is 669 g/mol. The molecule has 0 aliphatic rings. The molecule has 0 atom stereocenters. The Morgan fingerprint density at radius 1 is 0.418 bits per heavy atom. The van der Waals surface area contributed by atoms with Gasteiger partial charge in [-0.1, -0.05) is 121 Å². The van der Waals surface area contributed by atoms with Crippen molar-refractivity contribution in [2.24, 2.45) is 0 Å². The fourth-order valence-electron chi connectivity index (χ4n) is 8.31. The standard InChI is InChI=1S/C51H30N4/c52-31-32-17-19-34(20-18-32)50-44-24-23-39(38-22-21-33-9-1-2-10-35(33)27-38)29-46(44)53-51(54-50)43-25-26-48(41-14-6-5-13-40(41)43)55-47-16-8-7-15-42(47)45-28-36-11-3-4-12-37(36)30-49(45)55/h1-30H. The first kappa shape index (κ1) is 31.0. The number of hydrogen-bond donors (Lipinski definition) is 0. The molecule has 11 aromatic rings. The second-order valence-electron chi connectivity index (χ2n) is 14.1. The van der Waals surface area contributed by atoms with Crippen LogP contribution in [0.2, 0.25) is 0 Å². The highest BCUT2D eigenvalue weighted by Gasteiger charge is 2.19. The van der Waals surface area contributed by atoms with E-state index in [0.717, 1.165) is 60.8 Å². The van der Waals surface area contributed by atoms with Gasteiger partial charge >= 0.3 is 0 Å². The fourth-order valence-corrected chi connectivity index (χ4v) is 8.31. The molecule has 9 aromatic carbocycles. The van der Waals surface area contributed by atoms with Gasteiger partial charge in [-0.05, 0) is 98.7 Å². The van der Waals surface area contributed by atoms with Crippen molar-refractivity contribution in [3.63, 3.8) is 0 Å². The summed E-state index contributed by atoms with van der Waals surface area (Å²) in [5.74, 6) is 0.651. The van der Waals surface area contributed by atoms with Crippen LogP contribution in [0.4, 0.5) is 0 Å². The predicted molar refractivity (Wildman–Crippen MR) is 227 cm³/mol. The molecule has 2 heterocycles. The van der Waals surface area contributed by atoms with E-state index in [4.69, 9.17) is 9.97 Å². The lowest BCUT2D eigenvalue weighted by Gasteiger charge is -2.16. The predicted octanol–water partition coefficient (Wildman–Crippen LogP) is 13.1. The van der Waals surface area contributed by atoms with Gasteiger partial charge in [0.05, 0.1) is 39.6 Å². The number of nitriles is 1. The van der Waals surface area contributed by atoms with Crippen LogP contribution in [-0.4, -0.2) is 14.5 Å². The van der Waals surface area contributed by atoms with Crippen molar-refractivity contribution in [3.8, 4) is 45.5 Å². The molecule has 4 heteroatoms. The summed E-state index contributed by atoms with van der Waals surface area (Å²) >= 11 is 0. The summed E-state index contributed by atoms with van der Waals surface area (Å²) in [6.45, 7) is 0. The lowest BCUT2D eigenvalue weighted by Crippen LogP contribution is -1.99. The van der Waals surface area contributed by atoms with E-state index < -0.39 is 0 Å². The van der Waals surface area contributed by atoms with Crippen molar-refractivity contribution >= 4 is 65.0 Å². The lowest BCUT2D eigenvalue weighted by atomic mass is 9.97. The minimum absolute atomic E-state index is 0.612. The zero-order valence-electron chi connectivity index (χ0n) is 29.6. The lowest BCUT2D eigenvalue weighted by molar-refractivity contribution is 1.19. The fraction of sp³-hybridized carbons (Fsp3) is 0. The first-order valence-corrected chi connectivity index (χ1v) is 18.5. The average molecular weight is 699 g/mol. The van der Waals surface area contributed by atoms with E-state index >= 15 is 0 Å². The van der Waals surface area contributed by atoms with Crippen LogP contribution in [0.1, 0.15) is 5.56 Å². The minimum Gasteiger partial charge on any atom is -0.309 e. The molecule has 0 bridgehead atoms. The highest BCUT2D eigenvalue weighted by Crippen LogP contribution is 2.40. The van der Waals surface area contributed by atoms with Gasteiger partial charge < -0.3 is 4.57 Å². The number of rotatable bonds is 4. The first-order valence-electron chi connectivity index (χ1n) is 18.5. The summed E-state index contributed by atoms with van der Waals surface area (Å²) in [5, 5.41) is 20.0. The van der Waals surface area contributed by atoms with Crippen molar-refractivity contribution < 1.29 is 0 Å². The largest absolute Gasteiger partial charge is 0.309 e. The minimum atomic E-state index is 0.612. The molecule has 0 aliphatic carbocycles. The van der Waals surface area contributed by atoms with Gasteiger partial charge in [0.25, 0.3) is 0 Å². The van der Waals surface area contributed by atoms with Crippen LogP contribution < -0.4 is 0 Å². The number of fused-ring (bicyclic) bond motifs is 7. The summed E-state index contributed by atoms with van der Waals surface area (Å²) in [7, 11) is 0. The molecule has 254 valence electrons. The van der Waals surface area contributed by atoms with Gasteiger partial charge in [0.2, 0.25) is 0 Å². The summed E-state index contributed by atoms with van der Waals surface area (Å²) in [6.07, 6.45) is 0. The van der Waals surface area contributed by atoms with Crippen LogP contribution in [0.15, 0.2) is 182 Å². The van der Waals surface area contributed by atoms with Gasteiger partial charge in [-0.2, -0.15) is 5.26 Å². The van der Waals surface area contributed by atoms with Gasteiger partial charge in [-0.15, -0.1) is 0 Å². The molecule has 11 rings (SSSR count). The zero-order valence-corrected chi connectivity index (χ0v) is 29.6. The van der Waals surface area contributed by atoms with Crippen LogP contribution in [0.3, 0.4) is 0 Å². The molecule has 2 aromatic heterocycles. The molecule has 55 heavy (non-hydrogen) atoms.